The van der Waals surface area contributed by atoms with E-state index in [9.17, 15) is 0 Å². The Bertz CT molecular complexity index is 82.3. The fraction of sp³-hybridized carbons (Fsp3) is 0.917. The van der Waals surface area contributed by atoms with E-state index in [1.165, 1.54) is 44.9 Å². The Morgan fingerprint density at radius 3 is 1.93 bits per heavy atom. The Balaban J connectivity index is 2.78. The first-order valence-corrected chi connectivity index (χ1v) is 6.12. The third-order valence-corrected chi connectivity index (χ3v) is 2.42. The molecule has 0 saturated heterocycles. The van der Waals surface area contributed by atoms with Gasteiger partial charge in [0.2, 0.25) is 0 Å². The number of unbranched alkanes of at least 4 members (excludes halogenated alkanes) is 7. The van der Waals surface area contributed by atoms with Crippen LogP contribution in [0.2, 0.25) is 0 Å². The minimum absolute atomic E-state index is 0.755. The molecule has 3 N–H and O–H groups in total. The topological polar surface area (TPSA) is 38.0 Å². The molecular formula is C12H27N2. The molecule has 0 rings (SSSR count). The first-order valence-electron chi connectivity index (χ1n) is 6.12. The van der Waals surface area contributed by atoms with Gasteiger partial charge in [-0.25, -0.2) is 0 Å². The van der Waals surface area contributed by atoms with E-state index < -0.39 is 0 Å². The third-order valence-electron chi connectivity index (χ3n) is 2.42. The maximum Gasteiger partial charge on any atom is 0.00745 e. The van der Waals surface area contributed by atoms with E-state index >= 15 is 0 Å². The van der Waals surface area contributed by atoms with Crippen molar-refractivity contribution in [3.05, 3.63) is 6.92 Å². The minimum Gasteiger partial charge on any atom is -0.329 e. The molecule has 0 aliphatic carbocycles. The molecule has 0 fully saturated rings. The summed E-state index contributed by atoms with van der Waals surface area (Å²) in [5.41, 5.74) is 5.37. The molecule has 0 unspecified atom stereocenters. The van der Waals surface area contributed by atoms with Crippen LogP contribution in [-0.4, -0.2) is 19.6 Å². The van der Waals surface area contributed by atoms with Crippen molar-refractivity contribution in [1.29, 1.82) is 0 Å². The molecule has 2 nitrogen and oxygen atoms in total. The molecule has 0 aromatic rings. The Morgan fingerprint density at radius 1 is 0.786 bits per heavy atom. The molecule has 0 heterocycles. The van der Waals surface area contributed by atoms with E-state index in [1.54, 1.807) is 0 Å². The lowest BCUT2D eigenvalue weighted by Gasteiger charge is -2.03. The predicted octanol–water partition coefficient (Wildman–Crippen LogP) is 2.49. The summed E-state index contributed by atoms with van der Waals surface area (Å²) in [6, 6.07) is 0. The van der Waals surface area contributed by atoms with Gasteiger partial charge < -0.3 is 11.1 Å². The van der Waals surface area contributed by atoms with Crippen LogP contribution in [0.15, 0.2) is 0 Å². The average Bonchev–Trinajstić information content (AvgIpc) is 2.21. The monoisotopic (exact) mass is 199 g/mol. The maximum atomic E-state index is 5.37. The molecule has 0 aromatic heterocycles. The summed E-state index contributed by atoms with van der Waals surface area (Å²) < 4.78 is 0. The molecule has 0 bridgehead atoms. The molecule has 0 aliphatic heterocycles. The molecular weight excluding hydrogens is 172 g/mol. The molecule has 2 heteroatoms. The number of rotatable bonds is 11. The van der Waals surface area contributed by atoms with Crippen molar-refractivity contribution in [2.45, 2.75) is 51.4 Å². The molecule has 85 valence electrons. The molecule has 0 aliphatic rings. The molecule has 0 spiro atoms. The lowest BCUT2D eigenvalue weighted by atomic mass is 10.1. The Morgan fingerprint density at radius 2 is 1.36 bits per heavy atom. The normalized spacial score (nSPS) is 10.7. The van der Waals surface area contributed by atoms with Gasteiger partial charge >= 0.3 is 0 Å². The number of hydrogen-bond acceptors (Lipinski definition) is 2. The summed E-state index contributed by atoms with van der Waals surface area (Å²) >= 11 is 0. The van der Waals surface area contributed by atoms with E-state index in [4.69, 9.17) is 5.73 Å². The minimum atomic E-state index is 0.755. The van der Waals surface area contributed by atoms with Crippen molar-refractivity contribution < 1.29 is 0 Å². The second kappa shape index (κ2) is 12.9. The van der Waals surface area contributed by atoms with Gasteiger partial charge in [-0.05, 0) is 13.0 Å². The Labute approximate surface area is 89.6 Å². The first kappa shape index (κ1) is 13.9. The van der Waals surface area contributed by atoms with Gasteiger partial charge in [0.25, 0.3) is 0 Å². The molecule has 0 aromatic carbocycles. The van der Waals surface area contributed by atoms with Crippen molar-refractivity contribution >= 4 is 0 Å². The predicted molar refractivity (Wildman–Crippen MR) is 64.2 cm³/mol. The van der Waals surface area contributed by atoms with Gasteiger partial charge in [0.15, 0.2) is 0 Å². The maximum absolute atomic E-state index is 5.37. The Hall–Kier alpha value is -0.0800. The van der Waals surface area contributed by atoms with Crippen LogP contribution in [0.25, 0.3) is 0 Å². The average molecular weight is 199 g/mol. The van der Waals surface area contributed by atoms with Gasteiger partial charge in [-0.1, -0.05) is 51.9 Å². The fourth-order valence-corrected chi connectivity index (χ4v) is 1.54. The highest BCUT2D eigenvalue weighted by Crippen LogP contribution is 2.07. The third kappa shape index (κ3) is 11.9. The molecule has 1 radical (unpaired) electrons. The van der Waals surface area contributed by atoms with Crippen LogP contribution < -0.4 is 11.1 Å². The summed E-state index contributed by atoms with van der Waals surface area (Å²) in [6.45, 7) is 6.69. The lowest BCUT2D eigenvalue weighted by Crippen LogP contribution is -2.23. The van der Waals surface area contributed by atoms with Gasteiger partial charge in [0.05, 0.1) is 0 Å². The molecule has 0 atom stereocenters. The van der Waals surface area contributed by atoms with Crippen LogP contribution >= 0.6 is 0 Å². The van der Waals surface area contributed by atoms with Crippen LogP contribution in [0.1, 0.15) is 51.4 Å². The van der Waals surface area contributed by atoms with Crippen molar-refractivity contribution in [2.75, 3.05) is 19.6 Å². The fourth-order valence-electron chi connectivity index (χ4n) is 1.54. The second-order valence-electron chi connectivity index (χ2n) is 3.87. The molecule has 0 saturated carbocycles. The summed E-state index contributed by atoms with van der Waals surface area (Å²) in [4.78, 5) is 0. The van der Waals surface area contributed by atoms with Crippen molar-refractivity contribution in [3.8, 4) is 0 Å². The summed E-state index contributed by atoms with van der Waals surface area (Å²) in [7, 11) is 0. The van der Waals surface area contributed by atoms with E-state index in [-0.39, 0.29) is 0 Å². The molecule has 14 heavy (non-hydrogen) atoms. The van der Waals surface area contributed by atoms with E-state index in [0.29, 0.717) is 0 Å². The van der Waals surface area contributed by atoms with Crippen LogP contribution in [0.3, 0.4) is 0 Å². The number of hydrogen-bond donors (Lipinski definition) is 2. The highest BCUT2D eigenvalue weighted by Gasteiger charge is 1.91. The van der Waals surface area contributed by atoms with Gasteiger partial charge in [-0.3, -0.25) is 0 Å². The van der Waals surface area contributed by atoms with Gasteiger partial charge in [-0.15, -0.1) is 0 Å². The largest absolute Gasteiger partial charge is 0.329 e. The van der Waals surface area contributed by atoms with Crippen molar-refractivity contribution in [1.82, 2.24) is 5.32 Å². The van der Waals surface area contributed by atoms with Gasteiger partial charge in [0, 0.05) is 13.1 Å². The SMILES string of the molecule is [CH2]CCCCCCCCCNCCN. The van der Waals surface area contributed by atoms with E-state index in [0.717, 1.165) is 26.1 Å². The van der Waals surface area contributed by atoms with Gasteiger partial charge in [-0.2, -0.15) is 0 Å². The summed E-state index contributed by atoms with van der Waals surface area (Å²) in [6.07, 6.45) is 10.6. The Kier molecular flexibility index (Phi) is 12.8. The highest BCUT2D eigenvalue weighted by molar-refractivity contribution is 4.50. The zero-order valence-electron chi connectivity index (χ0n) is 9.56. The smallest absolute Gasteiger partial charge is 0.00745 e. The zero-order chi connectivity index (χ0) is 10.5. The zero-order valence-corrected chi connectivity index (χ0v) is 9.56. The summed E-state index contributed by atoms with van der Waals surface area (Å²) in [5.74, 6) is 0. The highest BCUT2D eigenvalue weighted by atomic mass is 14.9. The first-order chi connectivity index (χ1) is 6.91. The van der Waals surface area contributed by atoms with Crippen LogP contribution in [-0.2, 0) is 0 Å². The molecule has 0 amide bonds. The van der Waals surface area contributed by atoms with E-state index in [2.05, 4.69) is 12.2 Å². The van der Waals surface area contributed by atoms with Crippen LogP contribution in [0.5, 0.6) is 0 Å². The van der Waals surface area contributed by atoms with Crippen molar-refractivity contribution in [2.24, 2.45) is 5.73 Å². The van der Waals surface area contributed by atoms with Crippen LogP contribution in [0, 0.1) is 6.92 Å². The standard InChI is InChI=1S/C12H27N2/c1-2-3-4-5-6-7-8-9-11-14-12-10-13/h14H,1-13H2. The number of nitrogens with one attached hydrogen (secondary N) is 1. The van der Waals surface area contributed by atoms with E-state index in [1.807, 2.05) is 0 Å². The number of nitrogens with two attached hydrogens (primary N) is 1. The summed E-state index contributed by atoms with van der Waals surface area (Å²) in [5, 5.41) is 3.31. The van der Waals surface area contributed by atoms with Crippen LogP contribution in [0.4, 0.5) is 0 Å². The quantitative estimate of drug-likeness (QED) is 0.502. The lowest BCUT2D eigenvalue weighted by molar-refractivity contribution is 0.560. The van der Waals surface area contributed by atoms with Gasteiger partial charge in [0.1, 0.15) is 0 Å². The second-order valence-corrected chi connectivity index (χ2v) is 3.87. The van der Waals surface area contributed by atoms with Crippen molar-refractivity contribution in [3.63, 3.8) is 0 Å².